The van der Waals surface area contributed by atoms with Crippen LogP contribution in [0.15, 0.2) is 12.1 Å². The third-order valence-corrected chi connectivity index (χ3v) is 3.09. The first-order valence-electron chi connectivity index (χ1n) is 8.04. The van der Waals surface area contributed by atoms with Crippen LogP contribution in [-0.2, 0) is 14.2 Å². The van der Waals surface area contributed by atoms with Crippen molar-refractivity contribution in [1.82, 2.24) is 0 Å². The second-order valence-electron chi connectivity index (χ2n) is 4.85. The lowest BCUT2D eigenvalue weighted by molar-refractivity contribution is 0.0104. The first-order chi connectivity index (χ1) is 12.3. The first kappa shape index (κ1) is 21.2. The molecule has 0 fully saturated rings. The van der Waals surface area contributed by atoms with Gasteiger partial charge in [0.05, 0.1) is 53.9 Å². The van der Waals surface area contributed by atoms with Gasteiger partial charge in [-0.2, -0.15) is 0 Å². The van der Waals surface area contributed by atoms with Crippen LogP contribution in [0.1, 0.15) is 10.4 Å². The molecule has 1 aromatic carbocycles. The van der Waals surface area contributed by atoms with Gasteiger partial charge in [-0.1, -0.05) is 0 Å². The largest absolute Gasteiger partial charge is 0.493 e. The van der Waals surface area contributed by atoms with Crippen LogP contribution in [0.3, 0.4) is 0 Å². The number of methoxy groups -OCH3 is 2. The fraction of sp³-hybridized carbons (Fsp3) is 0.588. The number of ether oxygens (including phenoxy) is 6. The summed E-state index contributed by atoms with van der Waals surface area (Å²) in [5.74, 6) is 1.31. The van der Waals surface area contributed by atoms with E-state index >= 15 is 0 Å². The second-order valence-corrected chi connectivity index (χ2v) is 4.85. The predicted molar refractivity (Wildman–Crippen MR) is 91.9 cm³/mol. The van der Waals surface area contributed by atoms with Crippen molar-refractivity contribution in [2.75, 3.05) is 67.0 Å². The van der Waals surface area contributed by atoms with Crippen molar-refractivity contribution in [3.63, 3.8) is 0 Å². The number of hydrogen-bond acceptors (Lipinski definition) is 8. The van der Waals surface area contributed by atoms with Crippen molar-refractivity contribution < 1.29 is 33.2 Å². The maximum Gasteiger partial charge on any atom is 0.203 e. The molecule has 0 saturated carbocycles. The van der Waals surface area contributed by atoms with E-state index in [0.717, 1.165) is 6.29 Å². The van der Waals surface area contributed by atoms with Crippen LogP contribution in [-0.4, -0.2) is 73.3 Å². The van der Waals surface area contributed by atoms with E-state index in [1.807, 2.05) is 0 Å². The molecule has 2 N–H and O–H groups in total. The van der Waals surface area contributed by atoms with Gasteiger partial charge in [0, 0.05) is 12.1 Å². The van der Waals surface area contributed by atoms with Gasteiger partial charge in [0.2, 0.25) is 5.75 Å². The van der Waals surface area contributed by atoms with Crippen LogP contribution in [0.5, 0.6) is 17.2 Å². The van der Waals surface area contributed by atoms with E-state index in [4.69, 9.17) is 34.2 Å². The number of aldehydes is 1. The summed E-state index contributed by atoms with van der Waals surface area (Å²) in [4.78, 5) is 11.0. The number of carbonyl (C=O) groups excluding carboxylic acids is 1. The Balaban J connectivity index is 2.24. The molecule has 0 amide bonds. The highest BCUT2D eigenvalue weighted by molar-refractivity contribution is 5.78. The maximum absolute atomic E-state index is 11.0. The van der Waals surface area contributed by atoms with E-state index in [2.05, 4.69) is 0 Å². The summed E-state index contributed by atoms with van der Waals surface area (Å²) in [7, 11) is 3.01. The Morgan fingerprint density at radius 2 is 1.40 bits per heavy atom. The number of rotatable bonds is 15. The molecule has 0 aliphatic heterocycles. The average molecular weight is 357 g/mol. The van der Waals surface area contributed by atoms with E-state index in [0.29, 0.717) is 75.6 Å². The average Bonchev–Trinajstić information content (AvgIpc) is 2.65. The zero-order valence-electron chi connectivity index (χ0n) is 14.8. The number of nitrogens with two attached hydrogens (primary N) is 1. The summed E-state index contributed by atoms with van der Waals surface area (Å²) in [6, 6.07) is 3.18. The summed E-state index contributed by atoms with van der Waals surface area (Å²) < 4.78 is 32.0. The van der Waals surface area contributed by atoms with E-state index in [-0.39, 0.29) is 0 Å². The molecular formula is C17H27NO7. The van der Waals surface area contributed by atoms with Crippen molar-refractivity contribution in [1.29, 1.82) is 0 Å². The van der Waals surface area contributed by atoms with Gasteiger partial charge >= 0.3 is 0 Å². The van der Waals surface area contributed by atoms with Gasteiger partial charge in [-0.3, -0.25) is 4.79 Å². The molecule has 142 valence electrons. The van der Waals surface area contributed by atoms with Crippen molar-refractivity contribution in [2.45, 2.75) is 0 Å². The molecule has 0 aliphatic rings. The van der Waals surface area contributed by atoms with E-state index in [9.17, 15) is 4.79 Å². The molecule has 1 aromatic rings. The molecule has 8 heteroatoms. The monoisotopic (exact) mass is 357 g/mol. The third-order valence-electron chi connectivity index (χ3n) is 3.09. The molecule has 0 unspecified atom stereocenters. The topological polar surface area (TPSA) is 98.5 Å². The van der Waals surface area contributed by atoms with Crippen LogP contribution >= 0.6 is 0 Å². The van der Waals surface area contributed by atoms with Crippen LogP contribution in [0.4, 0.5) is 0 Å². The first-order valence-corrected chi connectivity index (χ1v) is 8.04. The second kappa shape index (κ2) is 13.4. The predicted octanol–water partition coefficient (Wildman–Crippen LogP) is 0.904. The summed E-state index contributed by atoms with van der Waals surface area (Å²) in [6.45, 7) is 3.70. The van der Waals surface area contributed by atoms with E-state index in [1.165, 1.54) is 14.2 Å². The Bertz CT molecular complexity index is 496. The Labute approximate surface area is 148 Å². The van der Waals surface area contributed by atoms with E-state index < -0.39 is 0 Å². The molecule has 25 heavy (non-hydrogen) atoms. The van der Waals surface area contributed by atoms with Gasteiger partial charge in [-0.15, -0.1) is 0 Å². The molecule has 1 rings (SSSR count). The molecule has 0 aliphatic carbocycles. The molecule has 0 heterocycles. The van der Waals surface area contributed by atoms with Crippen molar-refractivity contribution in [2.24, 2.45) is 5.73 Å². The number of hydrogen-bond donors (Lipinski definition) is 1. The minimum Gasteiger partial charge on any atom is -0.493 e. The number of benzene rings is 1. The van der Waals surface area contributed by atoms with Crippen LogP contribution < -0.4 is 19.9 Å². The smallest absolute Gasteiger partial charge is 0.203 e. The van der Waals surface area contributed by atoms with Crippen LogP contribution in [0.25, 0.3) is 0 Å². The molecule has 0 radical (unpaired) electrons. The lowest BCUT2D eigenvalue weighted by atomic mass is 10.2. The Hall–Kier alpha value is -1.87. The zero-order valence-corrected chi connectivity index (χ0v) is 14.8. The van der Waals surface area contributed by atoms with Gasteiger partial charge in [0.1, 0.15) is 12.9 Å². The molecule has 0 aromatic heterocycles. The number of carbonyl (C=O) groups is 1. The fourth-order valence-corrected chi connectivity index (χ4v) is 1.96. The van der Waals surface area contributed by atoms with Gasteiger partial charge in [0.15, 0.2) is 11.5 Å². The highest BCUT2D eigenvalue weighted by Gasteiger charge is 2.13. The quantitative estimate of drug-likeness (QED) is 0.365. The van der Waals surface area contributed by atoms with Gasteiger partial charge < -0.3 is 34.2 Å². The highest BCUT2D eigenvalue weighted by Crippen LogP contribution is 2.37. The Morgan fingerprint density at radius 3 is 1.92 bits per heavy atom. The fourth-order valence-electron chi connectivity index (χ4n) is 1.96. The maximum atomic E-state index is 11.0. The van der Waals surface area contributed by atoms with Crippen LogP contribution in [0.2, 0.25) is 0 Å². The minimum absolute atomic E-state index is 0.307. The molecule has 8 nitrogen and oxygen atoms in total. The normalized spacial score (nSPS) is 10.5. The summed E-state index contributed by atoms with van der Waals surface area (Å²) in [5.41, 5.74) is 5.74. The molecular weight excluding hydrogens is 330 g/mol. The third kappa shape index (κ3) is 8.17. The molecule has 0 saturated heterocycles. The van der Waals surface area contributed by atoms with Crippen molar-refractivity contribution >= 4 is 6.29 Å². The molecule has 0 spiro atoms. The summed E-state index contributed by atoms with van der Waals surface area (Å²) in [6.07, 6.45) is 0.722. The molecule has 0 atom stereocenters. The standard InChI is InChI=1S/C17H27NO7/c1-20-15-11-14(13-19)12-16(17(15)21-2)25-10-9-24-8-7-23-6-5-22-4-3-18/h11-13H,3-10,18H2,1-2H3. The van der Waals surface area contributed by atoms with Crippen LogP contribution in [0, 0.1) is 0 Å². The minimum atomic E-state index is 0.307. The lowest BCUT2D eigenvalue weighted by Gasteiger charge is -2.14. The SMILES string of the molecule is COc1cc(C=O)cc(OCCOCCOCCOCCN)c1OC. The van der Waals surface area contributed by atoms with Crippen molar-refractivity contribution in [3.05, 3.63) is 17.7 Å². The summed E-state index contributed by atoms with van der Waals surface area (Å²) in [5, 5.41) is 0. The van der Waals surface area contributed by atoms with Crippen molar-refractivity contribution in [3.8, 4) is 17.2 Å². The van der Waals surface area contributed by atoms with E-state index in [1.54, 1.807) is 12.1 Å². The highest BCUT2D eigenvalue weighted by atomic mass is 16.6. The Morgan fingerprint density at radius 1 is 0.840 bits per heavy atom. The molecule has 0 bridgehead atoms. The van der Waals surface area contributed by atoms with Gasteiger partial charge in [0.25, 0.3) is 0 Å². The summed E-state index contributed by atoms with van der Waals surface area (Å²) >= 11 is 0. The zero-order chi connectivity index (χ0) is 18.3. The lowest BCUT2D eigenvalue weighted by Crippen LogP contribution is -2.14. The van der Waals surface area contributed by atoms with Gasteiger partial charge in [-0.05, 0) is 12.1 Å². The van der Waals surface area contributed by atoms with Gasteiger partial charge in [-0.25, -0.2) is 0 Å². The Kier molecular flexibility index (Phi) is 11.4.